The van der Waals surface area contributed by atoms with Crippen LogP contribution in [0.15, 0.2) is 66.9 Å². The molecule has 0 saturated carbocycles. The molecule has 1 aliphatic rings. The number of imide groups is 1. The van der Waals surface area contributed by atoms with Gasteiger partial charge in [-0.15, -0.1) is 0 Å². The number of nitrogens with one attached hydrogen (secondary N) is 2. The van der Waals surface area contributed by atoms with E-state index >= 15 is 0 Å². The van der Waals surface area contributed by atoms with Crippen molar-refractivity contribution in [2.24, 2.45) is 0 Å². The third kappa shape index (κ3) is 3.20. The summed E-state index contributed by atoms with van der Waals surface area (Å²) in [5, 5.41) is 6.35. The molecule has 1 atom stereocenters. The number of hydrogen-bond donors (Lipinski definition) is 2. The van der Waals surface area contributed by atoms with Crippen LogP contribution in [0.2, 0.25) is 0 Å². The van der Waals surface area contributed by atoms with Gasteiger partial charge in [0.15, 0.2) is 0 Å². The topological polar surface area (TPSA) is 91.4 Å². The summed E-state index contributed by atoms with van der Waals surface area (Å²) in [5.41, 5.74) is 0.873. The first-order valence-electron chi connectivity index (χ1n) is 9.38. The van der Waals surface area contributed by atoms with E-state index in [4.69, 9.17) is 0 Å². The Bertz CT molecular complexity index is 1090. The van der Waals surface area contributed by atoms with Gasteiger partial charge in [0.2, 0.25) is 5.91 Å². The molecular formula is C22H20N4O3. The van der Waals surface area contributed by atoms with Gasteiger partial charge in [0, 0.05) is 11.6 Å². The van der Waals surface area contributed by atoms with Crippen LogP contribution in [0.25, 0.3) is 10.9 Å². The van der Waals surface area contributed by atoms with Crippen molar-refractivity contribution in [1.82, 2.24) is 15.2 Å². The summed E-state index contributed by atoms with van der Waals surface area (Å²) in [6.45, 7) is 1.47. The van der Waals surface area contributed by atoms with Gasteiger partial charge in [-0.1, -0.05) is 43.3 Å². The Labute approximate surface area is 167 Å². The minimum atomic E-state index is -1.15. The molecule has 7 nitrogen and oxygen atoms in total. The summed E-state index contributed by atoms with van der Waals surface area (Å²) < 4.78 is 0. The quantitative estimate of drug-likeness (QED) is 0.657. The first kappa shape index (κ1) is 18.6. The lowest BCUT2D eigenvalue weighted by molar-refractivity contribution is -0.134. The highest BCUT2D eigenvalue weighted by molar-refractivity contribution is 6.11. The maximum absolute atomic E-state index is 13.1. The summed E-state index contributed by atoms with van der Waals surface area (Å²) in [5.74, 6) is -0.879. The lowest BCUT2D eigenvalue weighted by atomic mass is 9.87. The predicted octanol–water partition coefficient (Wildman–Crippen LogP) is 3.03. The van der Waals surface area contributed by atoms with Gasteiger partial charge in [-0.2, -0.15) is 0 Å². The number of fused-ring (bicyclic) bond motifs is 1. The van der Waals surface area contributed by atoms with Crippen LogP contribution in [0, 0.1) is 0 Å². The Hall–Kier alpha value is -3.74. The van der Waals surface area contributed by atoms with Crippen LogP contribution in [0.5, 0.6) is 0 Å². The van der Waals surface area contributed by atoms with Crippen LogP contribution in [0.4, 0.5) is 10.5 Å². The maximum atomic E-state index is 13.1. The molecule has 0 spiro atoms. The Morgan fingerprint density at radius 3 is 2.62 bits per heavy atom. The number of anilines is 1. The van der Waals surface area contributed by atoms with E-state index in [0.717, 1.165) is 15.8 Å². The van der Waals surface area contributed by atoms with Crippen molar-refractivity contribution in [1.29, 1.82) is 0 Å². The van der Waals surface area contributed by atoms with Crippen molar-refractivity contribution in [3.63, 3.8) is 0 Å². The first-order chi connectivity index (χ1) is 14.0. The highest BCUT2D eigenvalue weighted by Crippen LogP contribution is 2.32. The smallest absolute Gasteiger partial charge is 0.324 e. The second-order valence-electron chi connectivity index (χ2n) is 6.87. The molecule has 4 rings (SSSR count). The molecule has 0 unspecified atom stereocenters. The number of urea groups is 1. The minimum Gasteiger partial charge on any atom is -0.324 e. The van der Waals surface area contributed by atoms with Crippen molar-refractivity contribution in [2.45, 2.75) is 18.9 Å². The Balaban J connectivity index is 1.55. The fourth-order valence-electron chi connectivity index (χ4n) is 3.68. The average Bonchev–Trinajstić information content (AvgIpc) is 3.00. The number of hydrogen-bond acceptors (Lipinski definition) is 4. The summed E-state index contributed by atoms with van der Waals surface area (Å²) >= 11 is 0. The highest BCUT2D eigenvalue weighted by atomic mass is 16.2. The molecule has 146 valence electrons. The molecule has 0 radical (unpaired) electrons. The van der Waals surface area contributed by atoms with Gasteiger partial charge >= 0.3 is 6.03 Å². The summed E-state index contributed by atoms with van der Waals surface area (Å²) in [6, 6.07) is 17.5. The third-order valence-corrected chi connectivity index (χ3v) is 5.19. The zero-order valence-electron chi connectivity index (χ0n) is 15.9. The summed E-state index contributed by atoms with van der Waals surface area (Å²) in [4.78, 5) is 43.5. The number of nitrogens with zero attached hydrogens (tertiary/aromatic N) is 2. The molecule has 2 heterocycles. The molecule has 0 bridgehead atoms. The maximum Gasteiger partial charge on any atom is 0.325 e. The van der Waals surface area contributed by atoms with E-state index in [2.05, 4.69) is 15.6 Å². The molecule has 1 aliphatic heterocycles. The molecule has 4 amide bonds. The Kier molecular flexibility index (Phi) is 4.72. The second kappa shape index (κ2) is 7.35. The standard InChI is InChI=1S/C22H20N4O3/c1-2-22(15-8-4-3-5-9-15)20(28)26(21(29)25-22)14-19(27)24-18-12-6-11-17-16(18)10-7-13-23-17/h3-13H,2,14H2,1H3,(H,24,27)(H,25,29)/t22-/m1/s1. The van der Waals surface area contributed by atoms with Gasteiger partial charge in [0.25, 0.3) is 5.91 Å². The largest absolute Gasteiger partial charge is 0.325 e. The van der Waals surface area contributed by atoms with E-state index in [0.29, 0.717) is 17.7 Å². The Morgan fingerprint density at radius 2 is 1.86 bits per heavy atom. The molecule has 2 N–H and O–H groups in total. The molecule has 0 aliphatic carbocycles. The van der Waals surface area contributed by atoms with Crippen molar-refractivity contribution in [2.75, 3.05) is 11.9 Å². The van der Waals surface area contributed by atoms with Gasteiger partial charge in [0.1, 0.15) is 12.1 Å². The number of carbonyl (C=O) groups excluding carboxylic acids is 3. The van der Waals surface area contributed by atoms with Crippen LogP contribution in [-0.2, 0) is 15.1 Å². The SMILES string of the molecule is CC[C@]1(c2ccccc2)NC(=O)N(CC(=O)Nc2cccc3ncccc23)C1=O. The molecule has 29 heavy (non-hydrogen) atoms. The van der Waals surface area contributed by atoms with Gasteiger partial charge in [0.05, 0.1) is 11.2 Å². The number of amides is 4. The predicted molar refractivity (Wildman–Crippen MR) is 109 cm³/mol. The van der Waals surface area contributed by atoms with Gasteiger partial charge in [-0.3, -0.25) is 19.5 Å². The van der Waals surface area contributed by atoms with Crippen LogP contribution in [0.3, 0.4) is 0 Å². The molecule has 1 saturated heterocycles. The van der Waals surface area contributed by atoms with Crippen molar-refractivity contribution in [3.05, 3.63) is 72.4 Å². The summed E-state index contributed by atoms with van der Waals surface area (Å²) in [6.07, 6.45) is 2.06. The van der Waals surface area contributed by atoms with Gasteiger partial charge in [-0.05, 0) is 36.2 Å². The third-order valence-electron chi connectivity index (χ3n) is 5.19. The van der Waals surface area contributed by atoms with Crippen LogP contribution in [0.1, 0.15) is 18.9 Å². The van der Waals surface area contributed by atoms with E-state index < -0.39 is 23.4 Å². The number of rotatable bonds is 5. The van der Waals surface area contributed by atoms with E-state index in [1.807, 2.05) is 37.3 Å². The van der Waals surface area contributed by atoms with Crippen LogP contribution >= 0.6 is 0 Å². The van der Waals surface area contributed by atoms with Gasteiger partial charge in [-0.25, -0.2) is 4.79 Å². The van der Waals surface area contributed by atoms with Crippen LogP contribution in [-0.4, -0.2) is 34.3 Å². The molecule has 1 fully saturated rings. The average molecular weight is 388 g/mol. The number of carbonyl (C=O) groups is 3. The number of benzene rings is 2. The highest BCUT2D eigenvalue weighted by Gasteiger charge is 2.51. The minimum absolute atomic E-state index is 0.365. The van der Waals surface area contributed by atoms with E-state index in [-0.39, 0.29) is 6.54 Å². The fourth-order valence-corrected chi connectivity index (χ4v) is 3.68. The number of pyridine rings is 1. The zero-order chi connectivity index (χ0) is 20.4. The van der Waals surface area contributed by atoms with Crippen LogP contribution < -0.4 is 10.6 Å². The van der Waals surface area contributed by atoms with E-state index in [9.17, 15) is 14.4 Å². The van der Waals surface area contributed by atoms with Crippen molar-refractivity contribution >= 4 is 34.4 Å². The first-order valence-corrected chi connectivity index (χ1v) is 9.38. The summed E-state index contributed by atoms with van der Waals surface area (Å²) in [7, 11) is 0. The van der Waals surface area contributed by atoms with Crippen molar-refractivity contribution < 1.29 is 14.4 Å². The molecule has 2 aromatic carbocycles. The Morgan fingerprint density at radius 1 is 1.07 bits per heavy atom. The van der Waals surface area contributed by atoms with Crippen molar-refractivity contribution in [3.8, 4) is 0 Å². The lowest BCUT2D eigenvalue weighted by Gasteiger charge is -2.25. The zero-order valence-corrected chi connectivity index (χ0v) is 15.9. The lowest BCUT2D eigenvalue weighted by Crippen LogP contribution is -2.44. The van der Waals surface area contributed by atoms with E-state index in [1.165, 1.54) is 0 Å². The van der Waals surface area contributed by atoms with E-state index in [1.54, 1.807) is 36.5 Å². The second-order valence-corrected chi connectivity index (χ2v) is 6.87. The fraction of sp³-hybridized carbons (Fsp3) is 0.182. The monoisotopic (exact) mass is 388 g/mol. The number of aromatic nitrogens is 1. The molecular weight excluding hydrogens is 368 g/mol. The molecule has 1 aromatic heterocycles. The molecule has 3 aromatic rings. The normalized spacial score (nSPS) is 18.7. The van der Waals surface area contributed by atoms with Gasteiger partial charge < -0.3 is 10.6 Å². The molecule has 7 heteroatoms.